The summed E-state index contributed by atoms with van der Waals surface area (Å²) in [7, 11) is 1.29. The molecule has 0 aromatic carbocycles. The Labute approximate surface area is 108 Å². The Kier molecular flexibility index (Phi) is 3.79. The minimum Gasteiger partial charge on any atom is -0.466 e. The smallest absolute Gasteiger partial charge is 0.330 e. The first-order valence-corrected chi connectivity index (χ1v) is 6.20. The van der Waals surface area contributed by atoms with Gasteiger partial charge in [-0.1, -0.05) is 0 Å². The lowest BCUT2D eigenvalue weighted by Crippen LogP contribution is -2.21. The molecular formula is C12H13FO4S. The molecule has 1 aliphatic heterocycles. The number of thiophene rings is 1. The third-order valence-electron chi connectivity index (χ3n) is 2.54. The van der Waals surface area contributed by atoms with Gasteiger partial charge in [0.1, 0.15) is 5.82 Å². The monoisotopic (exact) mass is 272 g/mol. The molecular weight excluding hydrogens is 259 g/mol. The van der Waals surface area contributed by atoms with Crippen molar-refractivity contribution in [3.63, 3.8) is 0 Å². The molecule has 98 valence electrons. The van der Waals surface area contributed by atoms with E-state index in [0.29, 0.717) is 23.0 Å². The van der Waals surface area contributed by atoms with Crippen LogP contribution in [0.3, 0.4) is 0 Å². The van der Waals surface area contributed by atoms with E-state index in [0.717, 1.165) is 0 Å². The van der Waals surface area contributed by atoms with Gasteiger partial charge in [0.05, 0.1) is 25.2 Å². The summed E-state index contributed by atoms with van der Waals surface area (Å²) in [6, 6.07) is 1.34. The molecule has 0 radical (unpaired) electrons. The number of carbonyl (C=O) groups excluding carboxylic acids is 1. The second kappa shape index (κ2) is 5.17. The molecule has 6 heteroatoms. The fraction of sp³-hybridized carbons (Fsp3) is 0.417. The summed E-state index contributed by atoms with van der Waals surface area (Å²) in [6.07, 6.45) is 2.75. The van der Waals surface area contributed by atoms with E-state index in [1.165, 1.54) is 36.7 Å². The van der Waals surface area contributed by atoms with E-state index in [1.807, 2.05) is 0 Å². The number of halogens is 1. The largest absolute Gasteiger partial charge is 0.466 e. The Hall–Kier alpha value is -1.24. The van der Waals surface area contributed by atoms with Crippen molar-refractivity contribution < 1.29 is 23.4 Å². The zero-order valence-corrected chi connectivity index (χ0v) is 10.9. The predicted octanol–water partition coefficient (Wildman–Crippen LogP) is 2.29. The first-order chi connectivity index (χ1) is 8.55. The summed E-state index contributed by atoms with van der Waals surface area (Å²) in [5.41, 5.74) is 0. The number of hydrogen-bond donors (Lipinski definition) is 0. The van der Waals surface area contributed by atoms with Gasteiger partial charge < -0.3 is 14.2 Å². The highest BCUT2D eigenvalue weighted by molar-refractivity contribution is 7.13. The molecule has 0 unspecified atom stereocenters. The van der Waals surface area contributed by atoms with Gasteiger partial charge in [0, 0.05) is 11.0 Å². The molecule has 1 aromatic heterocycles. The minimum atomic E-state index is -1.02. The average molecular weight is 272 g/mol. The molecule has 1 fully saturated rings. The summed E-state index contributed by atoms with van der Waals surface area (Å²) in [5, 5.41) is 0. The lowest BCUT2D eigenvalue weighted by molar-refractivity contribution is -0.148. The first-order valence-electron chi connectivity index (χ1n) is 5.39. The third-order valence-corrected chi connectivity index (χ3v) is 3.80. The summed E-state index contributed by atoms with van der Waals surface area (Å²) in [6.45, 7) is 2.57. The van der Waals surface area contributed by atoms with Gasteiger partial charge in [-0.3, -0.25) is 0 Å². The number of ether oxygens (including phenoxy) is 3. The average Bonchev–Trinajstić information content (AvgIpc) is 2.93. The number of rotatable bonds is 3. The van der Waals surface area contributed by atoms with Gasteiger partial charge in [-0.05, 0) is 19.1 Å². The molecule has 18 heavy (non-hydrogen) atoms. The predicted molar refractivity (Wildman–Crippen MR) is 64.6 cm³/mol. The Morgan fingerprint density at radius 1 is 1.56 bits per heavy atom. The van der Waals surface area contributed by atoms with Gasteiger partial charge in [0.15, 0.2) is 0 Å². The molecule has 2 heterocycles. The highest BCUT2D eigenvalue weighted by atomic mass is 32.1. The standard InChI is InChI=1S/C12H13FO4S/c1-12(16-5-6-17-12)11-9(13)7-8(18-11)3-4-10(14)15-2/h3-4,7H,5-6H2,1-2H3/b4-3+. The molecule has 0 amide bonds. The Bertz CT molecular complexity index is 474. The Morgan fingerprint density at radius 2 is 2.22 bits per heavy atom. The van der Waals surface area contributed by atoms with Crippen LogP contribution in [0.15, 0.2) is 12.1 Å². The van der Waals surface area contributed by atoms with Gasteiger partial charge in [-0.2, -0.15) is 0 Å². The van der Waals surface area contributed by atoms with Crippen LogP contribution in [0.25, 0.3) is 6.08 Å². The van der Waals surface area contributed by atoms with E-state index in [4.69, 9.17) is 9.47 Å². The minimum absolute atomic E-state index is 0.379. The zero-order chi connectivity index (χ0) is 13.2. The van der Waals surface area contributed by atoms with Crippen molar-refractivity contribution in [3.05, 3.63) is 27.7 Å². The molecule has 1 aliphatic rings. The third kappa shape index (κ3) is 2.60. The summed E-state index contributed by atoms with van der Waals surface area (Å²) >= 11 is 1.19. The number of hydrogen-bond acceptors (Lipinski definition) is 5. The van der Waals surface area contributed by atoms with Crippen LogP contribution in [-0.2, 0) is 24.8 Å². The maximum Gasteiger partial charge on any atom is 0.330 e. The van der Waals surface area contributed by atoms with Crippen LogP contribution in [0.2, 0.25) is 0 Å². The van der Waals surface area contributed by atoms with E-state index in [-0.39, 0.29) is 0 Å². The molecule has 4 nitrogen and oxygen atoms in total. The van der Waals surface area contributed by atoms with Crippen LogP contribution in [0, 0.1) is 5.82 Å². The molecule has 0 spiro atoms. The maximum absolute atomic E-state index is 13.8. The molecule has 0 atom stereocenters. The van der Waals surface area contributed by atoms with Crippen molar-refractivity contribution in [2.75, 3.05) is 20.3 Å². The fourth-order valence-electron chi connectivity index (χ4n) is 1.64. The topological polar surface area (TPSA) is 44.8 Å². The second-order valence-corrected chi connectivity index (χ2v) is 4.91. The highest BCUT2D eigenvalue weighted by Crippen LogP contribution is 2.38. The summed E-state index contributed by atoms with van der Waals surface area (Å²) in [4.78, 5) is 11.9. The number of methoxy groups -OCH3 is 1. The van der Waals surface area contributed by atoms with Gasteiger partial charge in [0.2, 0.25) is 5.79 Å². The normalized spacial score (nSPS) is 18.4. The van der Waals surface area contributed by atoms with E-state index in [9.17, 15) is 9.18 Å². The lowest BCUT2D eigenvalue weighted by Gasteiger charge is -2.20. The van der Waals surface area contributed by atoms with Crippen LogP contribution in [0.4, 0.5) is 4.39 Å². The number of esters is 1. The van der Waals surface area contributed by atoms with Crippen molar-refractivity contribution in [2.45, 2.75) is 12.7 Å². The lowest BCUT2D eigenvalue weighted by atomic mass is 10.2. The molecule has 2 rings (SSSR count). The molecule has 1 saturated heterocycles. The molecule has 0 bridgehead atoms. The zero-order valence-electron chi connectivity index (χ0n) is 10.1. The Morgan fingerprint density at radius 3 is 2.83 bits per heavy atom. The van der Waals surface area contributed by atoms with Gasteiger partial charge in [0.25, 0.3) is 0 Å². The summed E-state index contributed by atoms with van der Waals surface area (Å²) in [5.74, 6) is -1.90. The van der Waals surface area contributed by atoms with Crippen molar-refractivity contribution >= 4 is 23.4 Å². The highest BCUT2D eigenvalue weighted by Gasteiger charge is 2.37. The number of carbonyl (C=O) groups is 1. The quantitative estimate of drug-likeness (QED) is 0.625. The van der Waals surface area contributed by atoms with E-state index in [2.05, 4.69) is 4.74 Å². The second-order valence-electron chi connectivity index (χ2n) is 3.82. The van der Waals surface area contributed by atoms with Crippen LogP contribution < -0.4 is 0 Å². The van der Waals surface area contributed by atoms with Crippen LogP contribution >= 0.6 is 11.3 Å². The molecule has 0 N–H and O–H groups in total. The van der Waals surface area contributed by atoms with E-state index in [1.54, 1.807) is 6.92 Å². The van der Waals surface area contributed by atoms with Crippen molar-refractivity contribution in [2.24, 2.45) is 0 Å². The van der Waals surface area contributed by atoms with Crippen LogP contribution in [0.1, 0.15) is 16.7 Å². The summed E-state index contributed by atoms with van der Waals surface area (Å²) < 4.78 is 29.1. The maximum atomic E-state index is 13.8. The van der Waals surface area contributed by atoms with Crippen molar-refractivity contribution in [3.8, 4) is 0 Å². The van der Waals surface area contributed by atoms with Crippen LogP contribution in [-0.4, -0.2) is 26.3 Å². The van der Waals surface area contributed by atoms with Gasteiger partial charge in [-0.25, -0.2) is 9.18 Å². The first kappa shape index (κ1) is 13.2. The van der Waals surface area contributed by atoms with Gasteiger partial charge >= 0.3 is 5.97 Å². The molecule has 0 saturated carbocycles. The Balaban J connectivity index is 2.22. The molecule has 1 aromatic rings. The van der Waals surface area contributed by atoms with E-state index >= 15 is 0 Å². The van der Waals surface area contributed by atoms with Crippen molar-refractivity contribution in [1.82, 2.24) is 0 Å². The van der Waals surface area contributed by atoms with Crippen LogP contribution in [0.5, 0.6) is 0 Å². The SMILES string of the molecule is COC(=O)/C=C/c1cc(F)c(C2(C)OCCO2)s1. The van der Waals surface area contributed by atoms with E-state index < -0.39 is 17.6 Å². The van der Waals surface area contributed by atoms with Gasteiger partial charge in [-0.15, -0.1) is 11.3 Å². The molecule has 0 aliphatic carbocycles. The fourth-order valence-corrected chi connectivity index (χ4v) is 2.64. The van der Waals surface area contributed by atoms with Crippen molar-refractivity contribution in [1.29, 1.82) is 0 Å².